The first-order valence-electron chi connectivity index (χ1n) is 1.48. The monoisotopic (exact) mass is 88.0 g/mol. The van der Waals surface area contributed by atoms with Crippen LogP contribution in [0.2, 0.25) is 0 Å². The van der Waals surface area contributed by atoms with E-state index in [4.69, 9.17) is 5.11 Å². The molecular formula is C3H6NO2. The minimum atomic E-state index is -0.483. The molecule has 0 unspecified atom stereocenters. The number of hydrogen-bond acceptors (Lipinski definition) is 2. The van der Waals surface area contributed by atoms with Gasteiger partial charge >= 0.3 is 0 Å². The molecule has 0 atom stereocenters. The zero-order valence-corrected chi connectivity index (χ0v) is 3.27. The van der Waals surface area contributed by atoms with Crippen molar-refractivity contribution in [2.75, 3.05) is 6.61 Å². The molecular weight excluding hydrogens is 82.0 g/mol. The highest BCUT2D eigenvalue weighted by molar-refractivity contribution is 5.76. The van der Waals surface area contributed by atoms with E-state index >= 15 is 0 Å². The molecule has 1 radical (unpaired) electrons. The number of rotatable bonds is 1. The maximum Gasteiger partial charge on any atom is 0.245 e. The van der Waals surface area contributed by atoms with Crippen molar-refractivity contribution < 1.29 is 9.90 Å². The molecule has 2 N–H and O–H groups in total. The highest BCUT2D eigenvalue weighted by Gasteiger charge is 1.86. The molecule has 1 amide bonds. The summed E-state index contributed by atoms with van der Waals surface area (Å²) >= 11 is 0. The van der Waals surface area contributed by atoms with E-state index in [9.17, 15) is 4.79 Å². The second-order valence-electron chi connectivity index (χ2n) is 0.758. The van der Waals surface area contributed by atoms with E-state index in [2.05, 4.69) is 7.05 Å². The molecule has 0 aromatic heterocycles. The second kappa shape index (κ2) is 2.66. The zero-order chi connectivity index (χ0) is 4.99. The summed E-state index contributed by atoms with van der Waals surface area (Å²) in [6.45, 7) is -0.483. The van der Waals surface area contributed by atoms with E-state index in [-0.39, 0.29) is 0 Å². The van der Waals surface area contributed by atoms with Crippen LogP contribution in [0.25, 0.3) is 0 Å². The molecule has 0 fully saturated rings. The lowest BCUT2D eigenvalue weighted by Crippen LogP contribution is -2.18. The lowest BCUT2D eigenvalue weighted by Gasteiger charge is -1.86. The van der Waals surface area contributed by atoms with Gasteiger partial charge in [0, 0.05) is 7.05 Å². The smallest absolute Gasteiger partial charge is 0.245 e. The van der Waals surface area contributed by atoms with Gasteiger partial charge in [0.2, 0.25) is 5.91 Å². The summed E-state index contributed by atoms with van der Waals surface area (Å²) in [6.07, 6.45) is 0. The average Bonchev–Trinajstić information content (AvgIpc) is 1.65. The van der Waals surface area contributed by atoms with Crippen molar-refractivity contribution in [3.63, 3.8) is 0 Å². The van der Waals surface area contributed by atoms with E-state index in [1.54, 1.807) is 0 Å². The summed E-state index contributed by atoms with van der Waals surface area (Å²) in [5.74, 6) is -0.463. The third-order valence-corrected chi connectivity index (χ3v) is 0.341. The average molecular weight is 88.1 g/mol. The molecule has 0 bridgehead atoms. The van der Waals surface area contributed by atoms with Crippen LogP contribution in [0, 0.1) is 7.05 Å². The summed E-state index contributed by atoms with van der Waals surface area (Å²) in [7, 11) is 3.00. The lowest BCUT2D eigenvalue weighted by atomic mass is 10.7. The van der Waals surface area contributed by atoms with Gasteiger partial charge in [-0.15, -0.1) is 0 Å². The number of carbonyl (C=O) groups excluding carboxylic acids is 1. The first-order valence-corrected chi connectivity index (χ1v) is 1.48. The maximum absolute atomic E-state index is 9.76. The summed E-state index contributed by atoms with van der Waals surface area (Å²) in [5, 5.41) is 9.86. The molecule has 6 heavy (non-hydrogen) atoms. The molecule has 0 aliphatic rings. The second-order valence-corrected chi connectivity index (χ2v) is 0.758. The van der Waals surface area contributed by atoms with Gasteiger partial charge in [-0.3, -0.25) is 4.79 Å². The lowest BCUT2D eigenvalue weighted by molar-refractivity contribution is -0.122. The molecule has 0 aromatic rings. The number of carbonyl (C=O) groups is 1. The highest BCUT2D eigenvalue weighted by atomic mass is 16.3. The Morgan fingerprint density at radius 2 is 2.50 bits per heavy atom. The van der Waals surface area contributed by atoms with Crippen LogP contribution in [0.15, 0.2) is 0 Å². The Hall–Kier alpha value is -0.570. The van der Waals surface area contributed by atoms with Crippen LogP contribution in [0.4, 0.5) is 0 Å². The number of amides is 1. The van der Waals surface area contributed by atoms with E-state index < -0.39 is 12.5 Å². The first-order chi connectivity index (χ1) is 2.81. The van der Waals surface area contributed by atoms with Crippen LogP contribution >= 0.6 is 0 Å². The minimum Gasteiger partial charge on any atom is -0.387 e. The van der Waals surface area contributed by atoms with E-state index in [1.165, 1.54) is 0 Å². The fourth-order valence-corrected chi connectivity index (χ4v) is 0.0559. The largest absolute Gasteiger partial charge is 0.387 e. The predicted octanol–water partition coefficient (Wildman–Crippen LogP) is -1.11. The van der Waals surface area contributed by atoms with Gasteiger partial charge in [0.05, 0.1) is 0 Å². The molecule has 0 rings (SSSR count). The van der Waals surface area contributed by atoms with E-state index in [0.29, 0.717) is 0 Å². The van der Waals surface area contributed by atoms with Gasteiger partial charge in [-0.05, 0) is 0 Å². The fourth-order valence-electron chi connectivity index (χ4n) is 0.0559. The Kier molecular flexibility index (Phi) is 2.40. The first kappa shape index (κ1) is 5.43. The Bertz CT molecular complexity index is 46.8. The third-order valence-electron chi connectivity index (χ3n) is 0.341. The van der Waals surface area contributed by atoms with E-state index in [0.717, 1.165) is 0 Å². The fraction of sp³-hybridized carbons (Fsp3) is 0.333. The van der Waals surface area contributed by atoms with Crippen LogP contribution in [-0.4, -0.2) is 17.6 Å². The molecule has 0 heterocycles. The summed E-state index contributed by atoms with van der Waals surface area (Å²) in [4.78, 5) is 9.76. The van der Waals surface area contributed by atoms with Gasteiger partial charge in [0.1, 0.15) is 6.61 Å². The van der Waals surface area contributed by atoms with Crippen LogP contribution in [0.5, 0.6) is 0 Å². The van der Waals surface area contributed by atoms with Crippen molar-refractivity contribution in [3.05, 3.63) is 7.05 Å². The van der Waals surface area contributed by atoms with Crippen LogP contribution in [0.1, 0.15) is 0 Å². The molecule has 3 heteroatoms. The molecule has 35 valence electrons. The predicted molar refractivity (Wildman–Crippen MR) is 20.6 cm³/mol. The van der Waals surface area contributed by atoms with Crippen molar-refractivity contribution in [1.29, 1.82) is 0 Å². The molecule has 0 aliphatic carbocycles. The maximum atomic E-state index is 9.76. The number of aliphatic hydroxyl groups excluding tert-OH is 1. The molecule has 0 aromatic carbocycles. The van der Waals surface area contributed by atoms with Crippen LogP contribution < -0.4 is 5.32 Å². The SMILES string of the molecule is [CH2]NC(=O)CO. The Morgan fingerprint density at radius 1 is 2.00 bits per heavy atom. The Balaban J connectivity index is 2.99. The Labute approximate surface area is 36.0 Å². The summed E-state index contributed by atoms with van der Waals surface area (Å²) in [6, 6.07) is 0. The standard InChI is InChI=1S/C3H6NO2/c1-4-3(6)2-5/h5H,1-2H2,(H,4,6). The summed E-state index contributed by atoms with van der Waals surface area (Å²) in [5.41, 5.74) is 0. The van der Waals surface area contributed by atoms with Gasteiger partial charge in [0.25, 0.3) is 0 Å². The number of hydrogen-bond donors (Lipinski definition) is 2. The molecule has 0 aliphatic heterocycles. The van der Waals surface area contributed by atoms with Gasteiger partial charge in [0.15, 0.2) is 0 Å². The molecule has 3 nitrogen and oxygen atoms in total. The van der Waals surface area contributed by atoms with Gasteiger partial charge < -0.3 is 10.4 Å². The minimum absolute atomic E-state index is 0.463. The quantitative estimate of drug-likeness (QED) is 0.427. The molecule has 0 saturated carbocycles. The van der Waals surface area contributed by atoms with E-state index in [1.807, 2.05) is 5.32 Å². The van der Waals surface area contributed by atoms with Gasteiger partial charge in [-0.25, -0.2) is 0 Å². The topological polar surface area (TPSA) is 49.3 Å². The van der Waals surface area contributed by atoms with Crippen LogP contribution in [0.3, 0.4) is 0 Å². The number of nitrogens with one attached hydrogen (secondary N) is 1. The van der Waals surface area contributed by atoms with Gasteiger partial charge in [-0.1, -0.05) is 0 Å². The number of aliphatic hydroxyl groups is 1. The van der Waals surface area contributed by atoms with Crippen molar-refractivity contribution in [2.45, 2.75) is 0 Å². The van der Waals surface area contributed by atoms with Crippen molar-refractivity contribution in [1.82, 2.24) is 5.32 Å². The molecule has 0 spiro atoms. The highest BCUT2D eigenvalue weighted by Crippen LogP contribution is 1.52. The van der Waals surface area contributed by atoms with Crippen LogP contribution in [-0.2, 0) is 4.79 Å². The zero-order valence-electron chi connectivity index (χ0n) is 3.27. The van der Waals surface area contributed by atoms with Crippen molar-refractivity contribution >= 4 is 5.91 Å². The van der Waals surface area contributed by atoms with Gasteiger partial charge in [-0.2, -0.15) is 0 Å². The summed E-state index contributed by atoms with van der Waals surface area (Å²) < 4.78 is 0. The van der Waals surface area contributed by atoms with Crippen molar-refractivity contribution in [2.24, 2.45) is 0 Å². The normalized spacial score (nSPS) is 7.67. The Morgan fingerprint density at radius 3 is 2.50 bits per heavy atom. The molecule has 0 saturated heterocycles. The third kappa shape index (κ3) is 1.72. The van der Waals surface area contributed by atoms with Crippen molar-refractivity contribution in [3.8, 4) is 0 Å².